The number of halogens is 2. The summed E-state index contributed by atoms with van der Waals surface area (Å²) in [7, 11) is 1.82. The maximum Gasteiger partial charge on any atom is 0.251 e. The van der Waals surface area contributed by atoms with Gasteiger partial charge in [0.2, 0.25) is 0 Å². The van der Waals surface area contributed by atoms with Gasteiger partial charge < -0.3 is 14.6 Å². The molecule has 0 unspecified atom stereocenters. The summed E-state index contributed by atoms with van der Waals surface area (Å²) in [6.45, 7) is 2.23. The van der Waals surface area contributed by atoms with Crippen molar-refractivity contribution in [3.63, 3.8) is 0 Å². The van der Waals surface area contributed by atoms with Crippen LogP contribution in [0.3, 0.4) is 0 Å². The zero-order valence-corrected chi connectivity index (χ0v) is 16.7. The molecule has 0 aliphatic rings. The number of rotatable bonds is 8. The minimum atomic E-state index is -0.395. The average Bonchev–Trinajstić information content (AvgIpc) is 3.07. The molecule has 0 radical (unpaired) electrons. The van der Waals surface area contributed by atoms with Crippen LogP contribution in [0, 0.1) is 11.6 Å². The van der Waals surface area contributed by atoms with Crippen molar-refractivity contribution in [2.24, 2.45) is 7.05 Å². The molecule has 6 nitrogen and oxygen atoms in total. The minimum absolute atomic E-state index is 0.307. The minimum Gasteiger partial charge on any atom is -0.493 e. The van der Waals surface area contributed by atoms with Crippen LogP contribution in [0.4, 0.5) is 8.78 Å². The lowest BCUT2D eigenvalue weighted by Crippen LogP contribution is -2.28. The number of benzene rings is 2. The second-order valence-corrected chi connectivity index (χ2v) is 7.31. The Morgan fingerprint density at radius 3 is 2.38 bits per heavy atom. The van der Waals surface area contributed by atoms with Gasteiger partial charge in [-0.15, -0.1) is 10.2 Å². The van der Waals surface area contributed by atoms with Crippen molar-refractivity contribution < 1.29 is 18.3 Å². The Morgan fingerprint density at radius 2 is 1.72 bits per heavy atom. The molecule has 152 valence electrons. The van der Waals surface area contributed by atoms with Gasteiger partial charge in [0.15, 0.2) is 11.0 Å². The van der Waals surface area contributed by atoms with Gasteiger partial charge in [-0.3, -0.25) is 4.79 Å². The highest BCUT2D eigenvalue weighted by Crippen LogP contribution is 2.20. The highest BCUT2D eigenvalue weighted by molar-refractivity contribution is 7.99. The van der Waals surface area contributed by atoms with E-state index in [0.717, 1.165) is 0 Å². The van der Waals surface area contributed by atoms with Crippen molar-refractivity contribution >= 4 is 17.7 Å². The molecule has 3 rings (SSSR count). The van der Waals surface area contributed by atoms with Gasteiger partial charge in [0.25, 0.3) is 5.91 Å². The molecule has 2 aromatic carbocycles. The Labute approximate surface area is 171 Å². The summed E-state index contributed by atoms with van der Waals surface area (Å²) in [5, 5.41) is 11.8. The lowest BCUT2D eigenvalue weighted by Gasteiger charge is -2.13. The van der Waals surface area contributed by atoms with Crippen molar-refractivity contribution in [2.75, 3.05) is 12.4 Å². The van der Waals surface area contributed by atoms with Crippen molar-refractivity contribution in [3.05, 3.63) is 71.6 Å². The Morgan fingerprint density at radius 1 is 1.10 bits per heavy atom. The summed E-state index contributed by atoms with van der Waals surface area (Å²) in [5.41, 5.74) is 0.368. The van der Waals surface area contributed by atoms with Gasteiger partial charge in [-0.25, -0.2) is 8.78 Å². The maximum atomic E-state index is 13.0. The topological polar surface area (TPSA) is 69.0 Å². The third-order valence-corrected chi connectivity index (χ3v) is 5.09. The fourth-order valence-corrected chi connectivity index (χ4v) is 3.33. The average molecular weight is 418 g/mol. The van der Waals surface area contributed by atoms with E-state index in [1.807, 2.05) is 7.05 Å². The summed E-state index contributed by atoms with van der Waals surface area (Å²) < 4.78 is 33.2. The molecule has 9 heteroatoms. The number of ether oxygens (including phenoxy) is 1. The molecule has 0 aliphatic carbocycles. The highest BCUT2D eigenvalue weighted by Gasteiger charge is 2.18. The van der Waals surface area contributed by atoms with Crippen LogP contribution in [0.2, 0.25) is 0 Å². The van der Waals surface area contributed by atoms with Gasteiger partial charge in [-0.05, 0) is 55.5 Å². The van der Waals surface area contributed by atoms with E-state index in [2.05, 4.69) is 15.5 Å². The van der Waals surface area contributed by atoms with Gasteiger partial charge in [-0.1, -0.05) is 11.8 Å². The monoisotopic (exact) mass is 418 g/mol. The Balaban J connectivity index is 1.51. The summed E-state index contributed by atoms with van der Waals surface area (Å²) in [6, 6.07) is 10.8. The van der Waals surface area contributed by atoms with Crippen LogP contribution in [-0.4, -0.2) is 33.0 Å². The fraction of sp³-hybridized carbons (Fsp3) is 0.250. The van der Waals surface area contributed by atoms with Crippen molar-refractivity contribution in [1.29, 1.82) is 0 Å². The normalized spacial score (nSPS) is 11.9. The summed E-state index contributed by atoms with van der Waals surface area (Å²) in [4.78, 5) is 12.3. The van der Waals surface area contributed by atoms with Gasteiger partial charge in [0, 0.05) is 18.4 Å². The molecule has 0 fully saturated rings. The predicted octanol–water partition coefficient (Wildman–Crippen LogP) is 3.76. The first-order valence-corrected chi connectivity index (χ1v) is 9.89. The van der Waals surface area contributed by atoms with Crippen LogP contribution in [0.15, 0.2) is 53.7 Å². The van der Waals surface area contributed by atoms with E-state index < -0.39 is 5.82 Å². The predicted molar refractivity (Wildman–Crippen MR) is 106 cm³/mol. The first-order chi connectivity index (χ1) is 13.9. The number of thioether (sulfide) groups is 1. The molecule has 0 aliphatic heterocycles. The first-order valence-electron chi connectivity index (χ1n) is 8.91. The molecule has 1 amide bonds. The standard InChI is InChI=1S/C20H20F2N4O2S/c1-13(23-19(27)14-3-5-15(21)6-4-14)18-24-25-20(26(18)2)29-12-11-28-17-9-7-16(22)8-10-17/h3-10,13H,11-12H2,1-2H3,(H,23,27)/t13-/m1/s1. The quantitative estimate of drug-likeness (QED) is 0.446. The molecule has 0 bridgehead atoms. The molecule has 3 aromatic rings. The summed E-state index contributed by atoms with van der Waals surface area (Å²) in [6.07, 6.45) is 0. The fourth-order valence-electron chi connectivity index (χ4n) is 2.60. The molecule has 0 spiro atoms. The largest absolute Gasteiger partial charge is 0.493 e. The number of carbonyl (C=O) groups is 1. The van der Waals surface area contributed by atoms with Crippen LogP contribution in [0.25, 0.3) is 0 Å². The number of hydrogen-bond donors (Lipinski definition) is 1. The van der Waals surface area contributed by atoms with Crippen LogP contribution in [0.5, 0.6) is 5.75 Å². The smallest absolute Gasteiger partial charge is 0.251 e. The van der Waals surface area contributed by atoms with E-state index >= 15 is 0 Å². The zero-order chi connectivity index (χ0) is 20.8. The molecule has 1 atom stereocenters. The zero-order valence-electron chi connectivity index (χ0n) is 15.9. The van der Waals surface area contributed by atoms with E-state index in [0.29, 0.717) is 34.7 Å². The molecular weight excluding hydrogens is 398 g/mol. The highest BCUT2D eigenvalue weighted by atomic mass is 32.2. The number of nitrogens with one attached hydrogen (secondary N) is 1. The molecule has 1 N–H and O–H groups in total. The van der Waals surface area contributed by atoms with E-state index in [-0.39, 0.29) is 17.8 Å². The van der Waals surface area contributed by atoms with E-state index in [9.17, 15) is 13.6 Å². The van der Waals surface area contributed by atoms with Crippen LogP contribution < -0.4 is 10.1 Å². The van der Waals surface area contributed by atoms with Crippen LogP contribution in [-0.2, 0) is 7.05 Å². The second-order valence-electron chi connectivity index (χ2n) is 6.25. The van der Waals surface area contributed by atoms with Gasteiger partial charge in [0.05, 0.1) is 12.6 Å². The van der Waals surface area contributed by atoms with E-state index in [1.165, 1.54) is 48.2 Å². The Kier molecular flexibility index (Phi) is 6.82. The van der Waals surface area contributed by atoms with Crippen molar-refractivity contribution in [1.82, 2.24) is 20.1 Å². The SMILES string of the molecule is C[C@@H](NC(=O)c1ccc(F)cc1)c1nnc(SCCOc2ccc(F)cc2)n1C. The Hall–Kier alpha value is -2.94. The van der Waals surface area contributed by atoms with Gasteiger partial charge in [0.1, 0.15) is 17.4 Å². The van der Waals surface area contributed by atoms with Crippen LogP contribution >= 0.6 is 11.8 Å². The van der Waals surface area contributed by atoms with Gasteiger partial charge >= 0.3 is 0 Å². The first kappa shape index (κ1) is 20.8. The number of hydrogen-bond acceptors (Lipinski definition) is 5. The molecule has 0 saturated carbocycles. The van der Waals surface area contributed by atoms with Crippen molar-refractivity contribution in [2.45, 2.75) is 18.1 Å². The van der Waals surface area contributed by atoms with Crippen molar-refractivity contribution in [3.8, 4) is 5.75 Å². The molecule has 1 aromatic heterocycles. The molecule has 29 heavy (non-hydrogen) atoms. The molecular formula is C20H20F2N4O2S. The number of aromatic nitrogens is 3. The maximum absolute atomic E-state index is 13.0. The third-order valence-electron chi connectivity index (χ3n) is 4.11. The van der Waals surface area contributed by atoms with Crippen LogP contribution in [0.1, 0.15) is 29.1 Å². The Bertz CT molecular complexity index is 962. The summed E-state index contributed by atoms with van der Waals surface area (Å²) in [5.74, 6) is 0.805. The lowest BCUT2D eigenvalue weighted by molar-refractivity contribution is 0.0937. The van der Waals surface area contributed by atoms with E-state index in [4.69, 9.17) is 4.74 Å². The number of carbonyl (C=O) groups excluding carboxylic acids is 1. The second kappa shape index (κ2) is 9.51. The number of amides is 1. The lowest BCUT2D eigenvalue weighted by atomic mass is 10.2. The molecule has 1 heterocycles. The summed E-state index contributed by atoms with van der Waals surface area (Å²) >= 11 is 1.46. The molecule has 0 saturated heterocycles. The number of nitrogens with zero attached hydrogens (tertiary/aromatic N) is 3. The van der Waals surface area contributed by atoms with Gasteiger partial charge in [-0.2, -0.15) is 0 Å². The third kappa shape index (κ3) is 5.54. The van der Waals surface area contributed by atoms with E-state index in [1.54, 1.807) is 23.6 Å².